The lowest BCUT2D eigenvalue weighted by Gasteiger charge is -2.22. The molecule has 0 unspecified atom stereocenters. The van der Waals surface area contributed by atoms with Crippen molar-refractivity contribution in [3.63, 3.8) is 0 Å². The summed E-state index contributed by atoms with van der Waals surface area (Å²) >= 11 is 0. The Bertz CT molecular complexity index is 2450. The van der Waals surface area contributed by atoms with Crippen molar-refractivity contribution in [2.24, 2.45) is 0 Å². The Hall–Kier alpha value is -4.89. The van der Waals surface area contributed by atoms with Crippen LogP contribution in [0, 0.1) is 6.85 Å². The largest absolute Gasteiger partial charge is 0.455 e. The van der Waals surface area contributed by atoms with Crippen molar-refractivity contribution in [1.29, 1.82) is 0 Å². The number of nitrogens with zero attached hydrogens (tertiary/aromatic N) is 2. The number of benzene rings is 6. The molecule has 0 fully saturated rings. The zero-order valence-corrected chi connectivity index (χ0v) is 24.8. The van der Waals surface area contributed by atoms with Crippen LogP contribution in [0.1, 0.15) is 60.3 Å². The van der Waals surface area contributed by atoms with Crippen LogP contribution in [-0.4, -0.2) is 9.55 Å². The summed E-state index contributed by atoms with van der Waals surface area (Å²) in [6.07, 6.45) is 0. The minimum absolute atomic E-state index is 0.322. The maximum atomic E-state index is 7.85. The minimum atomic E-state index is -2.15. The Morgan fingerprint density at radius 3 is 2.19 bits per heavy atom. The van der Waals surface area contributed by atoms with Gasteiger partial charge in [-0.15, -0.1) is 0 Å². The first kappa shape index (κ1) is 22.7. The fraction of sp³-hybridized carbons (Fsp3) is 0.175. The lowest BCUT2D eigenvalue weighted by atomic mass is 9.92. The Kier molecular flexibility index (Phi) is 5.05. The van der Waals surface area contributed by atoms with E-state index in [1.54, 1.807) is 12.1 Å². The average molecular weight is 562 g/mol. The van der Waals surface area contributed by atoms with Crippen LogP contribution in [0.15, 0.2) is 108 Å². The predicted molar refractivity (Wildman–Crippen MR) is 182 cm³/mol. The second kappa shape index (κ2) is 9.57. The predicted octanol–water partition coefficient (Wildman–Crippen LogP) is 11.5. The summed E-state index contributed by atoms with van der Waals surface area (Å²) in [5, 5.41) is 6.08. The molecule has 0 radical (unpaired) electrons. The van der Waals surface area contributed by atoms with Crippen LogP contribution in [0.5, 0.6) is 0 Å². The van der Waals surface area contributed by atoms with Gasteiger partial charge in [0.2, 0.25) is 0 Å². The summed E-state index contributed by atoms with van der Waals surface area (Å²) in [6.45, 7) is 6.85. The zero-order chi connectivity index (χ0) is 31.9. The number of hydrogen-bond acceptors (Lipinski definition) is 2. The van der Waals surface area contributed by atoms with Crippen LogP contribution in [0.3, 0.4) is 0 Å². The van der Waals surface area contributed by atoms with Crippen LogP contribution in [-0.2, 0) is 0 Å². The first-order chi connectivity index (χ1) is 22.1. The second-order valence-electron chi connectivity index (χ2n) is 12.2. The van der Waals surface area contributed by atoms with Gasteiger partial charge in [0, 0.05) is 14.9 Å². The molecule has 0 aliphatic carbocycles. The highest BCUT2D eigenvalue weighted by molar-refractivity contribution is 6.17. The van der Waals surface area contributed by atoms with Crippen molar-refractivity contribution >= 4 is 54.5 Å². The molecule has 2 aromatic heterocycles. The maximum absolute atomic E-state index is 7.85. The molecule has 0 amide bonds. The van der Waals surface area contributed by atoms with Crippen LogP contribution in [0.4, 0.5) is 0 Å². The van der Waals surface area contributed by atoms with Crippen LogP contribution in [0.2, 0.25) is 0 Å². The third-order valence-corrected chi connectivity index (χ3v) is 8.82. The van der Waals surface area contributed by atoms with Gasteiger partial charge in [-0.05, 0) is 81.7 Å². The number of fused-ring (bicyclic) bond motifs is 7. The van der Waals surface area contributed by atoms with Crippen molar-refractivity contribution < 1.29 is 8.53 Å². The van der Waals surface area contributed by atoms with Crippen LogP contribution < -0.4 is 0 Å². The Labute approximate surface area is 255 Å². The summed E-state index contributed by atoms with van der Waals surface area (Å²) in [5.74, 6) is 1.50. The second-order valence-corrected chi connectivity index (χ2v) is 12.2. The normalized spacial score (nSPS) is 13.6. The van der Waals surface area contributed by atoms with Crippen LogP contribution >= 0.6 is 0 Å². The highest BCUT2D eigenvalue weighted by atomic mass is 16.3. The highest BCUT2D eigenvalue weighted by Gasteiger charge is 2.24. The SMILES string of the molecule is [2H]C([2H])([2H])c1ccc2c(ccc3cc4c(cc32)oc2c(-c3nc5ccccc5n3-c3c(C(C)C)cccc3C(C)C)cccc24)c1. The molecule has 0 aliphatic rings. The standard InChI is InChI=1S/C40H34N2O/c1-23(2)28-10-8-11-29(24(3)4)38(28)42-36-15-7-6-14-35(36)41-40(42)32-13-9-12-31-34-21-27-18-17-26-20-25(5)16-19-30(26)33(27)22-37(34)43-39(31)32/h6-24H,1-5H3/i5D3. The van der Waals surface area contributed by atoms with Crippen molar-refractivity contribution in [3.05, 3.63) is 120 Å². The molecular formula is C40H34N2O. The summed E-state index contributed by atoms with van der Waals surface area (Å²) < 4.78 is 32.7. The molecule has 2 heterocycles. The Balaban J connectivity index is 1.42. The quantitative estimate of drug-likeness (QED) is 0.200. The van der Waals surface area contributed by atoms with E-state index in [2.05, 4.69) is 105 Å². The molecule has 43 heavy (non-hydrogen) atoms. The van der Waals surface area contributed by atoms with Crippen LogP contribution in [0.25, 0.3) is 71.6 Å². The van der Waals surface area contributed by atoms with Crippen molar-refractivity contribution in [3.8, 4) is 17.1 Å². The average Bonchev–Trinajstić information content (AvgIpc) is 3.60. The third kappa shape index (κ3) is 3.91. The number of para-hydroxylation sites is 4. The number of aromatic nitrogens is 2. The van der Waals surface area contributed by atoms with E-state index in [0.29, 0.717) is 17.4 Å². The molecule has 210 valence electrons. The Morgan fingerprint density at radius 1 is 0.674 bits per heavy atom. The zero-order valence-electron chi connectivity index (χ0n) is 27.8. The van der Waals surface area contributed by atoms with Gasteiger partial charge in [0.05, 0.1) is 22.3 Å². The molecule has 3 nitrogen and oxygen atoms in total. The molecule has 0 N–H and O–H groups in total. The maximum Gasteiger partial charge on any atom is 0.149 e. The molecule has 8 rings (SSSR count). The van der Waals surface area contributed by atoms with Gasteiger partial charge in [-0.1, -0.05) is 106 Å². The topological polar surface area (TPSA) is 31.0 Å². The summed E-state index contributed by atoms with van der Waals surface area (Å²) in [6, 6.07) is 35.1. The minimum Gasteiger partial charge on any atom is -0.455 e. The molecule has 0 saturated heterocycles. The molecule has 3 heteroatoms. The van der Waals surface area contributed by atoms with E-state index in [1.807, 2.05) is 18.2 Å². The van der Waals surface area contributed by atoms with Gasteiger partial charge in [0.1, 0.15) is 17.0 Å². The van der Waals surface area contributed by atoms with E-state index in [4.69, 9.17) is 13.5 Å². The third-order valence-electron chi connectivity index (χ3n) is 8.82. The lowest BCUT2D eigenvalue weighted by molar-refractivity contribution is 0.670. The Morgan fingerprint density at radius 2 is 1.42 bits per heavy atom. The number of hydrogen-bond donors (Lipinski definition) is 0. The molecule has 0 bridgehead atoms. The summed E-state index contributed by atoms with van der Waals surface area (Å²) in [4.78, 5) is 5.26. The number of aryl methyl sites for hydroxylation is 1. The first-order valence-corrected chi connectivity index (χ1v) is 15.0. The van der Waals surface area contributed by atoms with Gasteiger partial charge in [-0.25, -0.2) is 4.98 Å². The van der Waals surface area contributed by atoms with Gasteiger partial charge in [-0.2, -0.15) is 0 Å². The van der Waals surface area contributed by atoms with Gasteiger partial charge >= 0.3 is 0 Å². The van der Waals surface area contributed by atoms with E-state index in [9.17, 15) is 0 Å². The molecule has 0 saturated carbocycles. The lowest BCUT2D eigenvalue weighted by Crippen LogP contribution is -2.08. The van der Waals surface area contributed by atoms with Crippen molar-refractivity contribution in [2.45, 2.75) is 46.4 Å². The van der Waals surface area contributed by atoms with E-state index < -0.39 is 6.85 Å². The molecule has 8 aromatic rings. The van der Waals surface area contributed by atoms with Gasteiger partial charge < -0.3 is 4.42 Å². The molecular weight excluding hydrogens is 524 g/mol. The van der Waals surface area contributed by atoms with E-state index in [1.165, 1.54) is 16.8 Å². The number of rotatable bonds is 4. The molecule has 0 aliphatic heterocycles. The van der Waals surface area contributed by atoms with Gasteiger partial charge in [0.15, 0.2) is 0 Å². The highest BCUT2D eigenvalue weighted by Crippen LogP contribution is 2.42. The molecule has 0 spiro atoms. The van der Waals surface area contributed by atoms with Gasteiger partial charge in [0.25, 0.3) is 0 Å². The number of imidazole rings is 1. The summed E-state index contributed by atoms with van der Waals surface area (Å²) in [7, 11) is 0. The first-order valence-electron chi connectivity index (χ1n) is 16.5. The van der Waals surface area contributed by atoms with E-state index in [0.717, 1.165) is 65.9 Å². The fourth-order valence-corrected chi connectivity index (χ4v) is 6.74. The van der Waals surface area contributed by atoms with E-state index >= 15 is 0 Å². The van der Waals surface area contributed by atoms with Crippen molar-refractivity contribution in [2.75, 3.05) is 0 Å². The molecule has 6 aromatic carbocycles. The summed E-state index contributed by atoms with van der Waals surface area (Å²) in [5.41, 5.74) is 8.63. The smallest absolute Gasteiger partial charge is 0.149 e. The fourth-order valence-electron chi connectivity index (χ4n) is 6.74. The van der Waals surface area contributed by atoms with Gasteiger partial charge in [-0.3, -0.25) is 4.57 Å². The van der Waals surface area contributed by atoms with Crippen molar-refractivity contribution in [1.82, 2.24) is 9.55 Å². The van der Waals surface area contributed by atoms with E-state index in [-0.39, 0.29) is 0 Å². The number of furan rings is 1. The molecule has 0 atom stereocenters. The monoisotopic (exact) mass is 561 g/mol.